The fraction of sp³-hybridized carbons (Fsp3) is 0.857. The van der Waals surface area contributed by atoms with E-state index >= 15 is 0 Å². The molecular weight excluding hydrogens is 428 g/mol. The van der Waals surface area contributed by atoms with Crippen molar-refractivity contribution < 1.29 is 54.4 Å². The van der Waals surface area contributed by atoms with Crippen LogP contribution in [0.4, 0.5) is 0 Å². The molecule has 3 rings (SSSR count). The van der Waals surface area contributed by atoms with Gasteiger partial charge in [-0.1, -0.05) is 13.8 Å². The predicted molar refractivity (Wildman–Crippen MR) is 106 cm³/mol. The van der Waals surface area contributed by atoms with Crippen molar-refractivity contribution in [3.63, 3.8) is 0 Å². The summed E-state index contributed by atoms with van der Waals surface area (Å²) < 4.78 is 22.1. The molecule has 10 atom stereocenters. The fourth-order valence-electron chi connectivity index (χ4n) is 4.65. The van der Waals surface area contributed by atoms with E-state index in [1.54, 1.807) is 0 Å². The summed E-state index contributed by atoms with van der Waals surface area (Å²) in [5.74, 6) is -1.71. The van der Waals surface area contributed by atoms with Crippen LogP contribution < -0.4 is 0 Å². The summed E-state index contributed by atoms with van der Waals surface area (Å²) in [5, 5.41) is 59.5. The van der Waals surface area contributed by atoms with Crippen molar-refractivity contribution in [2.45, 2.75) is 69.8 Å². The first-order valence-electron chi connectivity index (χ1n) is 10.9. The molecule has 0 unspecified atom stereocenters. The Morgan fingerprint density at radius 3 is 2.44 bits per heavy atom. The number of carbonyl (C=O) groups is 1. The summed E-state index contributed by atoms with van der Waals surface area (Å²) in [6.45, 7) is 2.77. The first-order valence-corrected chi connectivity index (χ1v) is 10.9. The van der Waals surface area contributed by atoms with Gasteiger partial charge in [0.05, 0.1) is 25.6 Å². The Hall–Kier alpha value is -1.31. The largest absolute Gasteiger partial charge is 0.462 e. The lowest BCUT2D eigenvalue weighted by Gasteiger charge is -2.40. The Kier molecular flexibility index (Phi) is 8.50. The van der Waals surface area contributed by atoms with Gasteiger partial charge in [-0.15, -0.1) is 0 Å². The Labute approximate surface area is 186 Å². The zero-order valence-corrected chi connectivity index (χ0v) is 18.2. The quantitative estimate of drug-likeness (QED) is 0.225. The number of carbonyl (C=O) groups excluding carboxylic acids is 1. The molecule has 0 radical (unpaired) electrons. The number of aliphatic hydroxyl groups is 6. The Morgan fingerprint density at radius 1 is 1.09 bits per heavy atom. The maximum Gasteiger partial charge on any atom is 0.309 e. The summed E-state index contributed by atoms with van der Waals surface area (Å²) in [6.07, 6.45) is -6.92. The van der Waals surface area contributed by atoms with Gasteiger partial charge in [0, 0.05) is 24.9 Å². The minimum Gasteiger partial charge on any atom is -0.462 e. The zero-order valence-electron chi connectivity index (χ0n) is 18.2. The van der Waals surface area contributed by atoms with Crippen LogP contribution >= 0.6 is 0 Å². The lowest BCUT2D eigenvalue weighted by atomic mass is 9.83. The van der Waals surface area contributed by atoms with Gasteiger partial charge in [0.15, 0.2) is 6.29 Å². The summed E-state index contributed by atoms with van der Waals surface area (Å²) in [7, 11) is 0. The Bertz CT molecular complexity index is 666. The predicted octanol–water partition coefficient (Wildman–Crippen LogP) is -1.76. The van der Waals surface area contributed by atoms with Crippen LogP contribution in [0, 0.1) is 23.7 Å². The number of ether oxygens (including phenoxy) is 4. The second-order valence-corrected chi connectivity index (χ2v) is 9.13. The zero-order chi connectivity index (χ0) is 23.6. The molecule has 1 saturated carbocycles. The van der Waals surface area contributed by atoms with Crippen LogP contribution in [0.1, 0.15) is 26.7 Å². The van der Waals surface area contributed by atoms with Crippen LogP contribution in [0.5, 0.6) is 0 Å². The van der Waals surface area contributed by atoms with Gasteiger partial charge in [0.1, 0.15) is 24.4 Å². The number of fused-ring (bicyclic) bond motifs is 1. The van der Waals surface area contributed by atoms with Crippen molar-refractivity contribution in [2.75, 3.05) is 19.8 Å². The SMILES string of the molecule is CC(C)CC(=O)O[C@H]1OC=C(CO[C@@H]2O[C@H](CO)[C@@H](O)[C@H](O)[C@H]2O)[C@@H]2C[C@@H](O)[C@@H](CO)[C@H]12. The highest BCUT2D eigenvalue weighted by atomic mass is 16.7. The molecule has 3 aliphatic rings. The molecule has 0 bridgehead atoms. The van der Waals surface area contributed by atoms with E-state index in [-0.39, 0.29) is 31.5 Å². The highest BCUT2D eigenvalue weighted by Gasteiger charge is 2.52. The molecule has 0 aromatic rings. The van der Waals surface area contributed by atoms with Crippen molar-refractivity contribution >= 4 is 5.97 Å². The lowest BCUT2D eigenvalue weighted by Crippen LogP contribution is -2.59. The monoisotopic (exact) mass is 462 g/mol. The second-order valence-electron chi connectivity index (χ2n) is 9.13. The third-order valence-corrected chi connectivity index (χ3v) is 6.39. The third-order valence-electron chi connectivity index (χ3n) is 6.39. The molecule has 0 aromatic carbocycles. The van der Waals surface area contributed by atoms with Gasteiger partial charge in [-0.2, -0.15) is 0 Å². The average Bonchev–Trinajstić information content (AvgIpc) is 3.08. The van der Waals surface area contributed by atoms with Crippen molar-refractivity contribution in [1.29, 1.82) is 0 Å². The topological polar surface area (TPSA) is 175 Å². The normalized spacial score (nSPS) is 41.7. The van der Waals surface area contributed by atoms with E-state index in [0.717, 1.165) is 0 Å². The summed E-state index contributed by atoms with van der Waals surface area (Å²) in [5.41, 5.74) is 0.595. The van der Waals surface area contributed by atoms with Gasteiger partial charge in [0.25, 0.3) is 0 Å². The van der Waals surface area contributed by atoms with E-state index in [0.29, 0.717) is 12.0 Å². The van der Waals surface area contributed by atoms with Gasteiger partial charge in [-0.3, -0.25) is 4.79 Å². The van der Waals surface area contributed by atoms with Crippen molar-refractivity contribution in [2.24, 2.45) is 23.7 Å². The summed E-state index contributed by atoms with van der Waals surface area (Å²) in [4.78, 5) is 12.2. The number of hydrogen-bond donors (Lipinski definition) is 6. The number of aliphatic hydroxyl groups excluding tert-OH is 6. The van der Waals surface area contributed by atoms with Gasteiger partial charge < -0.3 is 49.6 Å². The van der Waals surface area contributed by atoms with Crippen molar-refractivity contribution in [3.8, 4) is 0 Å². The van der Waals surface area contributed by atoms with Crippen LogP contribution in [0.15, 0.2) is 11.8 Å². The number of esters is 1. The van der Waals surface area contributed by atoms with Crippen LogP contribution in [0.2, 0.25) is 0 Å². The van der Waals surface area contributed by atoms with E-state index in [2.05, 4.69) is 0 Å². The van der Waals surface area contributed by atoms with Crippen LogP contribution in [0.25, 0.3) is 0 Å². The van der Waals surface area contributed by atoms with Crippen molar-refractivity contribution in [3.05, 3.63) is 11.8 Å². The molecule has 11 heteroatoms. The van der Waals surface area contributed by atoms with Gasteiger partial charge in [-0.25, -0.2) is 0 Å². The molecule has 6 N–H and O–H groups in total. The molecule has 184 valence electrons. The molecule has 11 nitrogen and oxygen atoms in total. The van der Waals surface area contributed by atoms with E-state index < -0.39 is 67.5 Å². The molecular formula is C21H34O11. The minimum atomic E-state index is -1.56. The van der Waals surface area contributed by atoms with Gasteiger partial charge in [0.2, 0.25) is 6.29 Å². The van der Waals surface area contributed by atoms with E-state index in [1.165, 1.54) is 6.26 Å². The first-order chi connectivity index (χ1) is 15.2. The Balaban J connectivity index is 1.70. The molecule has 32 heavy (non-hydrogen) atoms. The molecule has 2 fully saturated rings. The molecule has 0 amide bonds. The molecule has 1 aliphatic carbocycles. The minimum absolute atomic E-state index is 0.0998. The summed E-state index contributed by atoms with van der Waals surface area (Å²) >= 11 is 0. The Morgan fingerprint density at radius 2 is 1.81 bits per heavy atom. The molecule has 1 saturated heterocycles. The summed E-state index contributed by atoms with van der Waals surface area (Å²) in [6, 6.07) is 0. The van der Waals surface area contributed by atoms with Crippen LogP contribution in [0.3, 0.4) is 0 Å². The smallest absolute Gasteiger partial charge is 0.309 e. The van der Waals surface area contributed by atoms with Crippen molar-refractivity contribution in [1.82, 2.24) is 0 Å². The molecule has 0 aromatic heterocycles. The highest BCUT2D eigenvalue weighted by Crippen LogP contribution is 2.47. The fourth-order valence-corrected chi connectivity index (χ4v) is 4.65. The number of hydrogen-bond acceptors (Lipinski definition) is 11. The first kappa shape index (κ1) is 25.3. The maximum absolute atomic E-state index is 12.2. The van der Waals surface area contributed by atoms with E-state index in [4.69, 9.17) is 18.9 Å². The number of rotatable bonds is 8. The third kappa shape index (κ3) is 5.26. The maximum atomic E-state index is 12.2. The van der Waals surface area contributed by atoms with Gasteiger partial charge in [-0.05, 0) is 23.8 Å². The molecule has 0 spiro atoms. The second kappa shape index (κ2) is 10.7. The van der Waals surface area contributed by atoms with Gasteiger partial charge >= 0.3 is 5.97 Å². The van der Waals surface area contributed by atoms with E-state index in [1.807, 2.05) is 13.8 Å². The lowest BCUT2D eigenvalue weighted by molar-refractivity contribution is -0.299. The molecule has 2 aliphatic heterocycles. The van der Waals surface area contributed by atoms with Crippen LogP contribution in [-0.2, 0) is 23.7 Å². The van der Waals surface area contributed by atoms with Crippen LogP contribution in [-0.4, -0.2) is 99.5 Å². The highest BCUT2D eigenvalue weighted by molar-refractivity contribution is 5.69. The standard InChI is InChI=1S/C21H34O11/c1-9(2)3-15(25)32-20-16-11(4-13(24)12(16)5-22)10(7-29-20)8-30-21-19(28)18(27)17(26)14(6-23)31-21/h7,9,11-14,16-24,26-28H,3-6,8H2,1-2H3/t11-,12+,13+,14+,16+,17+,18-,19+,20+,21+/m0/s1. The van der Waals surface area contributed by atoms with E-state index in [9.17, 15) is 35.4 Å². The average molecular weight is 462 g/mol. The molecule has 2 heterocycles.